The number of piperidine rings is 1. The van der Waals surface area contributed by atoms with Crippen LogP contribution in [0.5, 0.6) is 0 Å². The lowest BCUT2D eigenvalue weighted by molar-refractivity contribution is -0.134. The van der Waals surface area contributed by atoms with Crippen LogP contribution in [0.3, 0.4) is 0 Å². The van der Waals surface area contributed by atoms with Gasteiger partial charge in [-0.3, -0.25) is 4.79 Å². The van der Waals surface area contributed by atoms with Gasteiger partial charge in [0, 0.05) is 39.1 Å². The first-order chi connectivity index (χ1) is 10.1. The van der Waals surface area contributed by atoms with Gasteiger partial charge in [-0.1, -0.05) is 0 Å². The van der Waals surface area contributed by atoms with Gasteiger partial charge in [0.15, 0.2) is 0 Å². The molecule has 6 heteroatoms. The van der Waals surface area contributed by atoms with E-state index in [1.165, 1.54) is 6.42 Å². The second-order valence-corrected chi connectivity index (χ2v) is 6.04. The van der Waals surface area contributed by atoms with E-state index >= 15 is 0 Å². The van der Waals surface area contributed by atoms with Crippen molar-refractivity contribution >= 4 is 12.0 Å². The summed E-state index contributed by atoms with van der Waals surface area (Å²) in [5.41, 5.74) is 0. The lowest BCUT2D eigenvalue weighted by Gasteiger charge is -2.36. The van der Waals surface area contributed by atoms with Crippen molar-refractivity contribution in [3.05, 3.63) is 0 Å². The fourth-order valence-electron chi connectivity index (χ4n) is 3.17. The molecule has 2 aliphatic rings. The van der Waals surface area contributed by atoms with Crippen molar-refractivity contribution in [1.82, 2.24) is 14.7 Å². The van der Waals surface area contributed by atoms with Crippen molar-refractivity contribution in [3.8, 4) is 0 Å². The molecule has 0 spiro atoms. The molecule has 0 aromatic heterocycles. The average Bonchev–Trinajstić information content (AvgIpc) is 2.47. The van der Waals surface area contributed by atoms with Gasteiger partial charge in [0.25, 0.3) is 0 Å². The summed E-state index contributed by atoms with van der Waals surface area (Å²) >= 11 is 0. The highest BCUT2D eigenvalue weighted by Gasteiger charge is 2.27. The van der Waals surface area contributed by atoms with Crippen molar-refractivity contribution < 1.29 is 14.3 Å². The highest BCUT2D eigenvalue weighted by molar-refractivity contribution is 5.77. The molecule has 0 N–H and O–H groups in total. The minimum atomic E-state index is -0.265. The molecule has 21 heavy (non-hydrogen) atoms. The molecule has 1 unspecified atom stereocenters. The van der Waals surface area contributed by atoms with Gasteiger partial charge in [0.2, 0.25) is 5.91 Å². The molecule has 1 atom stereocenters. The van der Waals surface area contributed by atoms with Crippen LogP contribution in [0.1, 0.15) is 26.2 Å². The fraction of sp³-hybridized carbons (Fsp3) is 0.867. The first-order valence-electron chi connectivity index (χ1n) is 7.98. The van der Waals surface area contributed by atoms with Gasteiger partial charge in [0.05, 0.1) is 6.61 Å². The third kappa shape index (κ3) is 4.59. The van der Waals surface area contributed by atoms with Crippen LogP contribution in [0.25, 0.3) is 0 Å². The molecule has 2 aliphatic heterocycles. The largest absolute Gasteiger partial charge is 0.450 e. The minimum absolute atomic E-state index is 0.235. The zero-order valence-corrected chi connectivity index (χ0v) is 13.2. The lowest BCUT2D eigenvalue weighted by Crippen LogP contribution is -2.51. The van der Waals surface area contributed by atoms with E-state index in [0.717, 1.165) is 19.5 Å². The van der Waals surface area contributed by atoms with Crippen molar-refractivity contribution in [3.63, 3.8) is 0 Å². The van der Waals surface area contributed by atoms with Crippen LogP contribution in [0, 0.1) is 5.92 Å². The molecule has 0 aliphatic carbocycles. The molecule has 0 aromatic rings. The minimum Gasteiger partial charge on any atom is -0.450 e. The molecule has 2 rings (SSSR count). The number of ether oxygens (including phenoxy) is 1. The standard InChI is InChI=1S/C15H27N3O3/c1-3-21-15(20)18-9-7-17(8-10-18)14(19)11-13-5-4-6-16(2)12-13/h13H,3-12H2,1-2H3. The Morgan fingerprint density at radius 3 is 2.38 bits per heavy atom. The normalized spacial score (nSPS) is 24.0. The summed E-state index contributed by atoms with van der Waals surface area (Å²) in [6.45, 7) is 6.77. The second-order valence-electron chi connectivity index (χ2n) is 6.04. The Labute approximate surface area is 127 Å². The SMILES string of the molecule is CCOC(=O)N1CCN(C(=O)CC2CCCN(C)C2)CC1. The Morgan fingerprint density at radius 2 is 1.76 bits per heavy atom. The number of piperazine rings is 1. The molecule has 0 aromatic carbocycles. The highest BCUT2D eigenvalue weighted by Crippen LogP contribution is 2.20. The number of hydrogen-bond acceptors (Lipinski definition) is 4. The molecule has 120 valence electrons. The summed E-state index contributed by atoms with van der Waals surface area (Å²) in [4.78, 5) is 29.9. The predicted molar refractivity (Wildman–Crippen MR) is 80.0 cm³/mol. The van der Waals surface area contributed by atoms with Crippen molar-refractivity contribution in [2.24, 2.45) is 5.92 Å². The van der Waals surface area contributed by atoms with Crippen LogP contribution < -0.4 is 0 Å². The van der Waals surface area contributed by atoms with Gasteiger partial charge in [-0.15, -0.1) is 0 Å². The van der Waals surface area contributed by atoms with E-state index in [1.54, 1.807) is 11.8 Å². The number of rotatable bonds is 3. The number of amides is 2. The van der Waals surface area contributed by atoms with Gasteiger partial charge < -0.3 is 19.4 Å². The molecule has 2 saturated heterocycles. The van der Waals surface area contributed by atoms with Crippen LogP contribution in [0.2, 0.25) is 0 Å². The zero-order chi connectivity index (χ0) is 15.2. The predicted octanol–water partition coefficient (Wildman–Crippen LogP) is 1.02. The molecule has 2 fully saturated rings. The Morgan fingerprint density at radius 1 is 1.10 bits per heavy atom. The van der Waals surface area contributed by atoms with Gasteiger partial charge in [-0.05, 0) is 39.3 Å². The summed E-state index contributed by atoms with van der Waals surface area (Å²) in [6, 6.07) is 0. The quantitative estimate of drug-likeness (QED) is 0.780. The number of nitrogens with zero attached hydrogens (tertiary/aromatic N) is 3. The first-order valence-corrected chi connectivity index (χ1v) is 7.98. The highest BCUT2D eigenvalue weighted by atomic mass is 16.6. The van der Waals surface area contributed by atoms with E-state index in [9.17, 15) is 9.59 Å². The zero-order valence-electron chi connectivity index (χ0n) is 13.2. The third-order valence-electron chi connectivity index (χ3n) is 4.34. The second kappa shape index (κ2) is 7.64. The topological polar surface area (TPSA) is 53.1 Å². The van der Waals surface area contributed by atoms with E-state index in [4.69, 9.17) is 4.74 Å². The summed E-state index contributed by atoms with van der Waals surface area (Å²) in [7, 11) is 2.12. The van der Waals surface area contributed by atoms with E-state index in [1.807, 2.05) is 4.90 Å². The molecule has 0 bridgehead atoms. The smallest absolute Gasteiger partial charge is 0.409 e. The van der Waals surface area contributed by atoms with Crippen molar-refractivity contribution in [2.45, 2.75) is 26.2 Å². The molecular formula is C15H27N3O3. The Hall–Kier alpha value is -1.30. The van der Waals surface area contributed by atoms with Crippen LogP contribution in [0.4, 0.5) is 4.79 Å². The Bertz CT molecular complexity index is 367. The van der Waals surface area contributed by atoms with E-state index < -0.39 is 0 Å². The van der Waals surface area contributed by atoms with Crippen molar-refractivity contribution in [1.29, 1.82) is 0 Å². The van der Waals surface area contributed by atoms with Gasteiger partial charge in [0.1, 0.15) is 0 Å². The number of carbonyl (C=O) groups is 2. The fourth-order valence-corrected chi connectivity index (χ4v) is 3.17. The molecular weight excluding hydrogens is 270 g/mol. The first kappa shape index (κ1) is 16.1. The van der Waals surface area contributed by atoms with E-state index in [2.05, 4.69) is 11.9 Å². The van der Waals surface area contributed by atoms with Crippen LogP contribution >= 0.6 is 0 Å². The molecule has 6 nitrogen and oxygen atoms in total. The maximum absolute atomic E-state index is 12.3. The van der Waals surface area contributed by atoms with Crippen LogP contribution in [-0.4, -0.2) is 79.6 Å². The molecule has 2 heterocycles. The van der Waals surface area contributed by atoms with E-state index in [-0.39, 0.29) is 12.0 Å². The lowest BCUT2D eigenvalue weighted by atomic mass is 9.94. The third-order valence-corrected chi connectivity index (χ3v) is 4.34. The number of likely N-dealkylation sites (tertiary alicyclic amines) is 1. The number of carbonyl (C=O) groups excluding carboxylic acids is 2. The van der Waals surface area contributed by atoms with Gasteiger partial charge in [-0.2, -0.15) is 0 Å². The Kier molecular flexibility index (Phi) is 5.85. The van der Waals surface area contributed by atoms with Crippen molar-refractivity contribution in [2.75, 3.05) is 52.9 Å². The molecule has 0 radical (unpaired) electrons. The van der Waals surface area contributed by atoms with Gasteiger partial charge >= 0.3 is 6.09 Å². The molecule has 0 saturated carbocycles. The van der Waals surface area contributed by atoms with E-state index in [0.29, 0.717) is 45.1 Å². The maximum Gasteiger partial charge on any atom is 0.409 e. The van der Waals surface area contributed by atoms with Crippen LogP contribution in [0.15, 0.2) is 0 Å². The summed E-state index contributed by atoms with van der Waals surface area (Å²) in [6.07, 6.45) is 2.71. The summed E-state index contributed by atoms with van der Waals surface area (Å²) in [5, 5.41) is 0. The summed E-state index contributed by atoms with van der Waals surface area (Å²) < 4.78 is 4.99. The average molecular weight is 297 g/mol. The van der Waals surface area contributed by atoms with Crippen LogP contribution in [-0.2, 0) is 9.53 Å². The molecule has 2 amide bonds. The summed E-state index contributed by atoms with van der Waals surface area (Å²) in [5.74, 6) is 0.721. The Balaban J connectivity index is 1.74. The monoisotopic (exact) mass is 297 g/mol. The van der Waals surface area contributed by atoms with Gasteiger partial charge in [-0.25, -0.2) is 4.79 Å². The maximum atomic E-state index is 12.3. The number of hydrogen-bond donors (Lipinski definition) is 0.